The van der Waals surface area contributed by atoms with Crippen LogP contribution < -0.4 is 0 Å². The van der Waals surface area contributed by atoms with Crippen LogP contribution in [0.1, 0.15) is 17.9 Å². The van der Waals surface area contributed by atoms with E-state index >= 15 is 0 Å². The van der Waals surface area contributed by atoms with Gasteiger partial charge in [-0.3, -0.25) is 4.79 Å². The quantitative estimate of drug-likeness (QED) is 0.664. The largest absolute Gasteiger partial charge is 0.341 e. The third kappa shape index (κ3) is 4.21. The zero-order chi connectivity index (χ0) is 16.9. The number of aryl methyl sites for hydroxylation is 1. The molecule has 1 amide bonds. The van der Waals surface area contributed by atoms with Crippen molar-refractivity contribution in [2.75, 3.05) is 7.05 Å². The normalized spacial score (nSPS) is 10.8. The topological polar surface area (TPSA) is 59.2 Å². The molecular formula is C17H16ClN3O2S. The van der Waals surface area contributed by atoms with E-state index in [1.54, 1.807) is 23.3 Å². The minimum Gasteiger partial charge on any atom is -0.341 e. The van der Waals surface area contributed by atoms with Crippen molar-refractivity contribution in [1.29, 1.82) is 0 Å². The van der Waals surface area contributed by atoms with Gasteiger partial charge in [-0.2, -0.15) is 16.3 Å². The Morgan fingerprint density at radius 1 is 1.29 bits per heavy atom. The van der Waals surface area contributed by atoms with E-state index in [9.17, 15) is 4.79 Å². The van der Waals surface area contributed by atoms with Gasteiger partial charge in [-0.15, -0.1) is 0 Å². The Morgan fingerprint density at radius 3 is 2.79 bits per heavy atom. The molecule has 5 nitrogen and oxygen atoms in total. The molecule has 0 aliphatic rings. The number of aromatic nitrogens is 2. The maximum Gasteiger partial charge on any atom is 0.227 e. The molecule has 0 radical (unpaired) electrons. The second kappa shape index (κ2) is 7.59. The number of halogens is 1. The van der Waals surface area contributed by atoms with Crippen molar-refractivity contribution in [1.82, 2.24) is 15.0 Å². The van der Waals surface area contributed by atoms with E-state index in [1.807, 2.05) is 41.1 Å². The molecule has 3 rings (SSSR count). The molecule has 0 saturated carbocycles. The molecule has 2 aromatic heterocycles. The Balaban J connectivity index is 1.52. The van der Waals surface area contributed by atoms with Crippen molar-refractivity contribution in [2.45, 2.75) is 19.4 Å². The second-order valence-corrected chi connectivity index (χ2v) is 6.62. The van der Waals surface area contributed by atoms with Crippen molar-refractivity contribution in [2.24, 2.45) is 0 Å². The van der Waals surface area contributed by atoms with Crippen molar-refractivity contribution < 1.29 is 9.32 Å². The second-order valence-electron chi connectivity index (χ2n) is 5.40. The van der Waals surface area contributed by atoms with Gasteiger partial charge >= 0.3 is 0 Å². The first kappa shape index (κ1) is 16.7. The Kier molecular flexibility index (Phi) is 5.27. The predicted octanol–water partition coefficient (Wildman–Crippen LogP) is 4.04. The van der Waals surface area contributed by atoms with Crippen LogP contribution >= 0.6 is 22.9 Å². The molecule has 0 atom stereocenters. The van der Waals surface area contributed by atoms with E-state index in [-0.39, 0.29) is 5.91 Å². The molecule has 3 aromatic rings. The van der Waals surface area contributed by atoms with Gasteiger partial charge in [0.15, 0.2) is 0 Å². The minimum atomic E-state index is 0.0280. The zero-order valence-corrected chi connectivity index (χ0v) is 14.7. The Hall–Kier alpha value is -2.18. The molecule has 0 unspecified atom stereocenters. The number of nitrogens with zero attached hydrogens (tertiary/aromatic N) is 3. The van der Waals surface area contributed by atoms with Gasteiger partial charge in [0, 0.05) is 42.4 Å². The van der Waals surface area contributed by atoms with Gasteiger partial charge in [0.05, 0.1) is 0 Å². The molecule has 0 saturated heterocycles. The lowest BCUT2D eigenvalue weighted by Crippen LogP contribution is -2.26. The van der Waals surface area contributed by atoms with Crippen LogP contribution in [0, 0.1) is 0 Å². The molecule has 124 valence electrons. The van der Waals surface area contributed by atoms with Crippen molar-refractivity contribution >= 4 is 28.8 Å². The maximum atomic E-state index is 12.2. The van der Waals surface area contributed by atoms with E-state index in [0.29, 0.717) is 36.1 Å². The first-order chi connectivity index (χ1) is 11.6. The summed E-state index contributed by atoms with van der Waals surface area (Å²) < 4.78 is 5.21. The van der Waals surface area contributed by atoms with Crippen LogP contribution in [0.5, 0.6) is 0 Å². The average Bonchev–Trinajstić information content (AvgIpc) is 3.25. The van der Waals surface area contributed by atoms with Crippen LogP contribution in [0.2, 0.25) is 5.02 Å². The number of hydrogen-bond donors (Lipinski definition) is 0. The van der Waals surface area contributed by atoms with E-state index in [2.05, 4.69) is 10.1 Å². The minimum absolute atomic E-state index is 0.0280. The lowest BCUT2D eigenvalue weighted by Gasteiger charge is -2.16. The lowest BCUT2D eigenvalue weighted by molar-refractivity contribution is -0.130. The van der Waals surface area contributed by atoms with Crippen molar-refractivity contribution in [3.05, 3.63) is 57.6 Å². The number of carbonyl (C=O) groups excluding carboxylic acids is 1. The van der Waals surface area contributed by atoms with Crippen LogP contribution in [0.4, 0.5) is 0 Å². The highest BCUT2D eigenvalue weighted by Gasteiger charge is 2.13. The number of carbonyl (C=O) groups is 1. The summed E-state index contributed by atoms with van der Waals surface area (Å²) in [7, 11) is 1.78. The summed E-state index contributed by atoms with van der Waals surface area (Å²) >= 11 is 7.44. The molecule has 0 aliphatic heterocycles. The first-order valence-electron chi connectivity index (χ1n) is 7.45. The molecule has 0 aliphatic carbocycles. The van der Waals surface area contributed by atoms with Crippen LogP contribution in [-0.2, 0) is 17.8 Å². The molecule has 0 spiro atoms. The fourth-order valence-electron chi connectivity index (χ4n) is 2.22. The molecule has 0 fully saturated rings. The summed E-state index contributed by atoms with van der Waals surface area (Å²) in [5.41, 5.74) is 1.97. The summed E-state index contributed by atoms with van der Waals surface area (Å²) in [6.07, 6.45) is 0.760. The molecule has 1 aromatic carbocycles. The lowest BCUT2D eigenvalue weighted by atomic mass is 10.2. The summed E-state index contributed by atoms with van der Waals surface area (Å²) in [4.78, 5) is 18.2. The predicted molar refractivity (Wildman–Crippen MR) is 93.9 cm³/mol. The summed E-state index contributed by atoms with van der Waals surface area (Å²) in [6.45, 7) is 0.542. The van der Waals surface area contributed by atoms with Crippen LogP contribution in [0.15, 0.2) is 45.6 Å². The Bertz CT molecular complexity index is 800. The highest BCUT2D eigenvalue weighted by Crippen LogP contribution is 2.19. The van der Waals surface area contributed by atoms with Crippen molar-refractivity contribution in [3.8, 4) is 11.4 Å². The van der Waals surface area contributed by atoms with E-state index in [4.69, 9.17) is 16.1 Å². The van der Waals surface area contributed by atoms with Crippen molar-refractivity contribution in [3.63, 3.8) is 0 Å². The fraction of sp³-hybridized carbons (Fsp3) is 0.235. The number of rotatable bonds is 6. The maximum absolute atomic E-state index is 12.2. The highest BCUT2D eigenvalue weighted by molar-refractivity contribution is 7.08. The SMILES string of the molecule is CN(Cc1ccc(Cl)cc1)C(=O)CCc1nc(-c2ccsc2)no1. The first-order valence-corrected chi connectivity index (χ1v) is 8.77. The molecule has 24 heavy (non-hydrogen) atoms. The van der Waals surface area contributed by atoms with Gasteiger partial charge in [0.1, 0.15) is 0 Å². The molecule has 0 N–H and O–H groups in total. The molecule has 7 heteroatoms. The highest BCUT2D eigenvalue weighted by atomic mass is 35.5. The Morgan fingerprint density at radius 2 is 2.08 bits per heavy atom. The standard InChI is InChI=1S/C17H16ClN3O2S/c1-21(10-12-2-4-14(18)5-3-12)16(22)7-6-15-19-17(20-23-15)13-8-9-24-11-13/h2-5,8-9,11H,6-7,10H2,1H3. The summed E-state index contributed by atoms with van der Waals surface area (Å²) in [6, 6.07) is 9.40. The zero-order valence-electron chi connectivity index (χ0n) is 13.1. The van der Waals surface area contributed by atoms with Crippen LogP contribution in [-0.4, -0.2) is 28.0 Å². The number of thiophene rings is 1. The van der Waals surface area contributed by atoms with Gasteiger partial charge in [0.2, 0.25) is 17.6 Å². The fourth-order valence-corrected chi connectivity index (χ4v) is 2.98. The smallest absolute Gasteiger partial charge is 0.227 e. The van der Waals surface area contributed by atoms with E-state index in [1.165, 1.54) is 0 Å². The number of amides is 1. The van der Waals surface area contributed by atoms with Gasteiger partial charge < -0.3 is 9.42 Å². The molecule has 2 heterocycles. The summed E-state index contributed by atoms with van der Waals surface area (Å²) in [5, 5.41) is 8.54. The number of hydrogen-bond acceptors (Lipinski definition) is 5. The molecule has 0 bridgehead atoms. The van der Waals surface area contributed by atoms with Crippen LogP contribution in [0.25, 0.3) is 11.4 Å². The summed E-state index contributed by atoms with van der Waals surface area (Å²) in [5.74, 6) is 1.07. The van der Waals surface area contributed by atoms with E-state index in [0.717, 1.165) is 11.1 Å². The van der Waals surface area contributed by atoms with E-state index < -0.39 is 0 Å². The Labute approximate surface area is 148 Å². The third-order valence-corrected chi connectivity index (χ3v) is 4.49. The molecular weight excluding hydrogens is 346 g/mol. The third-order valence-electron chi connectivity index (χ3n) is 3.56. The average molecular weight is 362 g/mol. The van der Waals surface area contributed by atoms with Gasteiger partial charge in [0.25, 0.3) is 0 Å². The van der Waals surface area contributed by atoms with Gasteiger partial charge in [-0.05, 0) is 29.1 Å². The monoisotopic (exact) mass is 361 g/mol. The van der Waals surface area contributed by atoms with Crippen LogP contribution in [0.3, 0.4) is 0 Å². The number of benzene rings is 1. The van der Waals surface area contributed by atoms with Gasteiger partial charge in [-0.25, -0.2) is 0 Å². The van der Waals surface area contributed by atoms with Gasteiger partial charge in [-0.1, -0.05) is 28.9 Å².